The van der Waals surface area contributed by atoms with Crippen molar-refractivity contribution < 1.29 is 4.42 Å². The Morgan fingerprint density at radius 3 is 2.87 bits per heavy atom. The van der Waals surface area contributed by atoms with E-state index in [1.807, 2.05) is 13.0 Å². The molecule has 1 aliphatic rings. The van der Waals surface area contributed by atoms with Crippen molar-refractivity contribution in [3.05, 3.63) is 23.7 Å². The Labute approximate surface area is 92.1 Å². The van der Waals surface area contributed by atoms with E-state index in [1.165, 1.54) is 19.3 Å². The van der Waals surface area contributed by atoms with Gasteiger partial charge in [0, 0.05) is 0 Å². The second kappa shape index (κ2) is 4.84. The maximum absolute atomic E-state index is 5.51. The predicted octanol–water partition coefficient (Wildman–Crippen LogP) is 3.11. The Kier molecular flexibility index (Phi) is 3.47. The van der Waals surface area contributed by atoms with Crippen molar-refractivity contribution in [3.8, 4) is 0 Å². The molecule has 1 aromatic heterocycles. The van der Waals surface area contributed by atoms with E-state index in [9.17, 15) is 0 Å². The van der Waals surface area contributed by atoms with Gasteiger partial charge in [-0.25, -0.2) is 0 Å². The van der Waals surface area contributed by atoms with Crippen LogP contribution >= 0.6 is 0 Å². The third-order valence-corrected chi connectivity index (χ3v) is 3.54. The van der Waals surface area contributed by atoms with Crippen molar-refractivity contribution in [1.82, 2.24) is 5.32 Å². The van der Waals surface area contributed by atoms with Gasteiger partial charge in [0.05, 0.1) is 6.54 Å². The normalized spacial score (nSPS) is 26.0. The van der Waals surface area contributed by atoms with E-state index in [2.05, 4.69) is 18.3 Å². The molecular formula is C13H21NO. The zero-order chi connectivity index (χ0) is 10.7. The van der Waals surface area contributed by atoms with Crippen molar-refractivity contribution in [2.45, 2.75) is 39.7 Å². The molecule has 1 aromatic rings. The topological polar surface area (TPSA) is 25.2 Å². The van der Waals surface area contributed by atoms with Gasteiger partial charge in [-0.15, -0.1) is 0 Å². The van der Waals surface area contributed by atoms with Gasteiger partial charge < -0.3 is 9.73 Å². The summed E-state index contributed by atoms with van der Waals surface area (Å²) in [4.78, 5) is 0. The van der Waals surface area contributed by atoms with Crippen LogP contribution < -0.4 is 5.32 Å². The van der Waals surface area contributed by atoms with E-state index in [0.717, 1.165) is 36.4 Å². The SMILES string of the molecule is Cc1ccc(CNCC2CCCC2C)o1. The molecule has 2 unspecified atom stereocenters. The quantitative estimate of drug-likeness (QED) is 0.820. The second-order valence-corrected chi connectivity index (χ2v) is 4.81. The Balaban J connectivity index is 1.70. The highest BCUT2D eigenvalue weighted by molar-refractivity contribution is 5.05. The molecule has 0 aliphatic heterocycles. The van der Waals surface area contributed by atoms with Crippen LogP contribution in [-0.2, 0) is 6.54 Å². The molecule has 84 valence electrons. The molecule has 2 atom stereocenters. The minimum absolute atomic E-state index is 0.872. The molecule has 15 heavy (non-hydrogen) atoms. The Bertz CT molecular complexity index is 305. The third-order valence-electron chi connectivity index (χ3n) is 3.54. The number of rotatable bonds is 4. The first-order valence-corrected chi connectivity index (χ1v) is 6.02. The summed E-state index contributed by atoms with van der Waals surface area (Å²) in [6, 6.07) is 4.08. The van der Waals surface area contributed by atoms with E-state index in [4.69, 9.17) is 4.42 Å². The first kappa shape index (κ1) is 10.7. The summed E-state index contributed by atoms with van der Waals surface area (Å²) >= 11 is 0. The number of nitrogens with one attached hydrogen (secondary N) is 1. The fourth-order valence-corrected chi connectivity index (χ4v) is 2.49. The van der Waals surface area contributed by atoms with Crippen LogP contribution in [0.1, 0.15) is 37.7 Å². The minimum atomic E-state index is 0.872. The van der Waals surface area contributed by atoms with Crippen LogP contribution in [0.5, 0.6) is 0 Å². The van der Waals surface area contributed by atoms with Crippen molar-refractivity contribution >= 4 is 0 Å². The highest BCUT2D eigenvalue weighted by Gasteiger charge is 2.22. The van der Waals surface area contributed by atoms with Gasteiger partial charge in [-0.2, -0.15) is 0 Å². The highest BCUT2D eigenvalue weighted by Crippen LogP contribution is 2.30. The van der Waals surface area contributed by atoms with Crippen molar-refractivity contribution in [3.63, 3.8) is 0 Å². The van der Waals surface area contributed by atoms with Crippen LogP contribution in [0.3, 0.4) is 0 Å². The Morgan fingerprint density at radius 2 is 2.27 bits per heavy atom. The molecule has 1 heterocycles. The maximum atomic E-state index is 5.51. The number of aryl methyl sites for hydroxylation is 1. The van der Waals surface area contributed by atoms with Gasteiger partial charge in [0.2, 0.25) is 0 Å². The monoisotopic (exact) mass is 207 g/mol. The fourth-order valence-electron chi connectivity index (χ4n) is 2.49. The van der Waals surface area contributed by atoms with Gasteiger partial charge in [0.25, 0.3) is 0 Å². The molecule has 1 N–H and O–H groups in total. The first-order chi connectivity index (χ1) is 7.25. The summed E-state index contributed by atoms with van der Waals surface area (Å²) in [5, 5.41) is 3.49. The average molecular weight is 207 g/mol. The van der Waals surface area contributed by atoms with Gasteiger partial charge in [-0.3, -0.25) is 0 Å². The number of hydrogen-bond acceptors (Lipinski definition) is 2. The first-order valence-electron chi connectivity index (χ1n) is 6.02. The zero-order valence-corrected chi connectivity index (χ0v) is 9.75. The third kappa shape index (κ3) is 2.85. The summed E-state index contributed by atoms with van der Waals surface area (Å²) in [6.45, 7) is 6.37. The van der Waals surface area contributed by atoms with Crippen LogP contribution in [0.15, 0.2) is 16.5 Å². The Morgan fingerprint density at radius 1 is 1.40 bits per heavy atom. The molecule has 0 amide bonds. The molecule has 1 fully saturated rings. The van der Waals surface area contributed by atoms with Gasteiger partial charge in [-0.05, 0) is 43.9 Å². The van der Waals surface area contributed by atoms with Gasteiger partial charge in [0.15, 0.2) is 0 Å². The van der Waals surface area contributed by atoms with Crippen LogP contribution in [0.25, 0.3) is 0 Å². The zero-order valence-electron chi connectivity index (χ0n) is 9.75. The molecule has 2 rings (SSSR count). The highest BCUT2D eigenvalue weighted by atomic mass is 16.3. The van der Waals surface area contributed by atoms with E-state index >= 15 is 0 Å². The lowest BCUT2D eigenvalue weighted by Gasteiger charge is -2.15. The van der Waals surface area contributed by atoms with E-state index in [1.54, 1.807) is 0 Å². The molecule has 2 heteroatoms. The van der Waals surface area contributed by atoms with E-state index in [0.29, 0.717) is 0 Å². The van der Waals surface area contributed by atoms with Crippen molar-refractivity contribution in [2.24, 2.45) is 11.8 Å². The molecular weight excluding hydrogens is 186 g/mol. The fraction of sp³-hybridized carbons (Fsp3) is 0.692. The van der Waals surface area contributed by atoms with Gasteiger partial charge in [-0.1, -0.05) is 19.8 Å². The molecule has 1 saturated carbocycles. The van der Waals surface area contributed by atoms with Crippen molar-refractivity contribution in [2.75, 3.05) is 6.54 Å². The maximum Gasteiger partial charge on any atom is 0.117 e. The van der Waals surface area contributed by atoms with Crippen LogP contribution in [0, 0.1) is 18.8 Å². The van der Waals surface area contributed by atoms with Crippen LogP contribution in [0.2, 0.25) is 0 Å². The largest absolute Gasteiger partial charge is 0.465 e. The lowest BCUT2D eigenvalue weighted by molar-refractivity contribution is 0.378. The van der Waals surface area contributed by atoms with Gasteiger partial charge in [0.1, 0.15) is 11.5 Å². The average Bonchev–Trinajstić information content (AvgIpc) is 2.77. The van der Waals surface area contributed by atoms with Crippen molar-refractivity contribution in [1.29, 1.82) is 0 Å². The standard InChI is InChI=1S/C13H21NO/c1-10-4-3-5-12(10)8-14-9-13-7-6-11(2)15-13/h6-7,10,12,14H,3-5,8-9H2,1-2H3. The molecule has 2 nitrogen and oxygen atoms in total. The lowest BCUT2D eigenvalue weighted by Crippen LogP contribution is -2.23. The van der Waals surface area contributed by atoms with Crippen LogP contribution in [-0.4, -0.2) is 6.54 Å². The summed E-state index contributed by atoms with van der Waals surface area (Å²) in [7, 11) is 0. The summed E-state index contributed by atoms with van der Waals surface area (Å²) < 4.78 is 5.51. The minimum Gasteiger partial charge on any atom is -0.465 e. The molecule has 0 aromatic carbocycles. The molecule has 1 aliphatic carbocycles. The molecule has 0 saturated heterocycles. The molecule has 0 spiro atoms. The Hall–Kier alpha value is -0.760. The van der Waals surface area contributed by atoms with Crippen LogP contribution in [0.4, 0.5) is 0 Å². The second-order valence-electron chi connectivity index (χ2n) is 4.81. The molecule has 0 radical (unpaired) electrons. The summed E-state index contributed by atoms with van der Waals surface area (Å²) in [6.07, 6.45) is 4.21. The smallest absolute Gasteiger partial charge is 0.117 e. The van der Waals surface area contributed by atoms with E-state index in [-0.39, 0.29) is 0 Å². The summed E-state index contributed by atoms with van der Waals surface area (Å²) in [5.74, 6) is 3.83. The molecule has 0 bridgehead atoms. The lowest BCUT2D eigenvalue weighted by atomic mass is 9.98. The van der Waals surface area contributed by atoms with Gasteiger partial charge >= 0.3 is 0 Å². The summed E-state index contributed by atoms with van der Waals surface area (Å²) in [5.41, 5.74) is 0. The number of hydrogen-bond donors (Lipinski definition) is 1. The number of furan rings is 1. The predicted molar refractivity (Wildman–Crippen MR) is 61.7 cm³/mol. The van der Waals surface area contributed by atoms with E-state index < -0.39 is 0 Å².